The largest absolute Gasteiger partial charge is 0.378 e. The van der Waals surface area contributed by atoms with E-state index in [9.17, 15) is 18.5 Å². The quantitative estimate of drug-likeness (QED) is 0.607. The summed E-state index contributed by atoms with van der Waals surface area (Å²) in [6.45, 7) is 0.364. The number of nitrogens with two attached hydrogens (primary N) is 1. The van der Waals surface area contributed by atoms with Crippen molar-refractivity contribution in [2.75, 3.05) is 24.3 Å². The molecule has 0 aliphatic carbocycles. The highest BCUT2D eigenvalue weighted by molar-refractivity contribution is 7.89. The lowest BCUT2D eigenvalue weighted by Gasteiger charge is -2.13. The summed E-state index contributed by atoms with van der Waals surface area (Å²) in [4.78, 5) is 12.2. The van der Waals surface area contributed by atoms with Crippen molar-refractivity contribution in [2.24, 2.45) is 5.14 Å². The zero-order valence-corrected chi connectivity index (χ0v) is 14.1. The van der Waals surface area contributed by atoms with Gasteiger partial charge >= 0.3 is 0 Å². The van der Waals surface area contributed by atoms with Gasteiger partial charge in [0.1, 0.15) is 5.69 Å². The fourth-order valence-electron chi connectivity index (χ4n) is 2.10. The molecule has 0 fully saturated rings. The minimum Gasteiger partial charge on any atom is -0.378 e. The second-order valence-electron chi connectivity index (χ2n) is 5.40. The van der Waals surface area contributed by atoms with E-state index in [0.717, 1.165) is 17.3 Å². The van der Waals surface area contributed by atoms with Crippen LogP contribution in [0.15, 0.2) is 47.4 Å². The van der Waals surface area contributed by atoms with Gasteiger partial charge in [-0.05, 0) is 29.8 Å². The summed E-state index contributed by atoms with van der Waals surface area (Å²) in [5.74, 6) is 0. The molecule has 0 spiro atoms. The molecule has 0 aliphatic rings. The monoisotopic (exact) mass is 350 g/mol. The minimum absolute atomic E-state index is 0.226. The Morgan fingerprint density at radius 3 is 2.29 bits per heavy atom. The molecule has 2 aromatic rings. The number of nitrogens with zero attached hydrogens (tertiary/aromatic N) is 2. The Labute approximate surface area is 140 Å². The van der Waals surface area contributed by atoms with Crippen molar-refractivity contribution in [3.05, 3.63) is 58.1 Å². The molecular formula is C15H18N4O4S. The molecule has 9 heteroatoms. The number of primary sulfonamides is 1. The molecule has 0 bridgehead atoms. The Morgan fingerprint density at radius 1 is 1.17 bits per heavy atom. The van der Waals surface area contributed by atoms with Crippen molar-refractivity contribution in [2.45, 2.75) is 11.4 Å². The molecule has 0 saturated heterocycles. The predicted octanol–water partition coefficient (Wildman–Crippen LogP) is 1.92. The number of hydrogen-bond acceptors (Lipinski definition) is 6. The first kappa shape index (κ1) is 17.7. The molecule has 3 N–H and O–H groups in total. The molecule has 0 amide bonds. The van der Waals surface area contributed by atoms with Gasteiger partial charge in [0.05, 0.1) is 9.82 Å². The second kappa shape index (κ2) is 6.85. The molecule has 0 unspecified atom stereocenters. The maximum absolute atomic E-state index is 11.3. The highest BCUT2D eigenvalue weighted by Crippen LogP contribution is 2.27. The molecule has 0 radical (unpaired) electrons. The van der Waals surface area contributed by atoms with Crippen LogP contribution in [0.1, 0.15) is 5.56 Å². The van der Waals surface area contributed by atoms with E-state index in [-0.39, 0.29) is 16.3 Å². The predicted molar refractivity (Wildman–Crippen MR) is 92.6 cm³/mol. The Kier molecular flexibility index (Phi) is 5.05. The molecule has 8 nitrogen and oxygen atoms in total. The van der Waals surface area contributed by atoms with Crippen molar-refractivity contribution in [1.82, 2.24) is 0 Å². The van der Waals surface area contributed by atoms with E-state index in [0.29, 0.717) is 6.54 Å². The summed E-state index contributed by atoms with van der Waals surface area (Å²) < 4.78 is 22.6. The standard InChI is InChI=1S/C15H18N4O4S/c1-18(2)12-5-3-11(4-6-12)10-17-14-8-7-13(24(16,22)23)9-15(14)19(20)21/h3-9,17H,10H2,1-2H3,(H2,16,22,23). The lowest BCUT2D eigenvalue weighted by molar-refractivity contribution is -0.384. The van der Waals surface area contributed by atoms with Gasteiger partial charge in [0.2, 0.25) is 10.0 Å². The van der Waals surface area contributed by atoms with Crippen molar-refractivity contribution in [3.8, 4) is 0 Å². The van der Waals surface area contributed by atoms with E-state index < -0.39 is 14.9 Å². The van der Waals surface area contributed by atoms with Crippen molar-refractivity contribution in [3.63, 3.8) is 0 Å². The number of nitro groups is 1. The van der Waals surface area contributed by atoms with Crippen LogP contribution in [-0.2, 0) is 16.6 Å². The van der Waals surface area contributed by atoms with Crippen LogP contribution in [0.4, 0.5) is 17.1 Å². The average molecular weight is 350 g/mol. The third-order valence-electron chi connectivity index (χ3n) is 3.43. The maximum Gasteiger partial charge on any atom is 0.293 e. The second-order valence-corrected chi connectivity index (χ2v) is 6.96. The van der Waals surface area contributed by atoms with Crippen molar-refractivity contribution >= 4 is 27.1 Å². The number of rotatable bonds is 6. The first-order valence-corrected chi connectivity index (χ1v) is 8.54. The lowest BCUT2D eigenvalue weighted by atomic mass is 10.2. The van der Waals surface area contributed by atoms with Gasteiger partial charge < -0.3 is 10.2 Å². The van der Waals surface area contributed by atoms with Crippen molar-refractivity contribution in [1.29, 1.82) is 0 Å². The molecule has 24 heavy (non-hydrogen) atoms. The molecule has 128 valence electrons. The third kappa shape index (κ3) is 4.21. The van der Waals surface area contributed by atoms with Gasteiger partial charge in [0, 0.05) is 32.4 Å². The summed E-state index contributed by atoms with van der Waals surface area (Å²) in [6.07, 6.45) is 0. The van der Waals surface area contributed by atoms with Gasteiger partial charge in [-0.1, -0.05) is 12.1 Å². The van der Waals surface area contributed by atoms with Gasteiger partial charge in [-0.25, -0.2) is 13.6 Å². The Balaban J connectivity index is 2.21. The summed E-state index contributed by atoms with van der Waals surface area (Å²) in [7, 11) is -0.124. The summed E-state index contributed by atoms with van der Waals surface area (Å²) >= 11 is 0. The van der Waals surface area contributed by atoms with Crippen LogP contribution in [0.3, 0.4) is 0 Å². The Morgan fingerprint density at radius 2 is 1.79 bits per heavy atom. The van der Waals surface area contributed by atoms with Gasteiger partial charge in [-0.3, -0.25) is 10.1 Å². The fraction of sp³-hybridized carbons (Fsp3) is 0.200. The van der Waals surface area contributed by atoms with Crippen molar-refractivity contribution < 1.29 is 13.3 Å². The molecule has 2 rings (SSSR count). The molecule has 0 aromatic heterocycles. The van der Waals surface area contributed by atoms with E-state index >= 15 is 0 Å². The molecule has 0 aliphatic heterocycles. The molecule has 0 atom stereocenters. The molecular weight excluding hydrogens is 332 g/mol. The van der Waals surface area contributed by atoms with Crippen LogP contribution in [-0.4, -0.2) is 27.4 Å². The number of sulfonamides is 1. The number of anilines is 2. The van der Waals surface area contributed by atoms with E-state index in [1.54, 1.807) is 0 Å². The van der Waals surface area contributed by atoms with Gasteiger partial charge in [0.25, 0.3) is 5.69 Å². The van der Waals surface area contributed by atoms with Gasteiger partial charge in [-0.2, -0.15) is 0 Å². The van der Waals surface area contributed by atoms with Crippen LogP contribution in [0.5, 0.6) is 0 Å². The third-order valence-corrected chi connectivity index (χ3v) is 4.34. The minimum atomic E-state index is -3.99. The summed E-state index contributed by atoms with van der Waals surface area (Å²) in [6, 6.07) is 11.2. The highest BCUT2D eigenvalue weighted by Gasteiger charge is 2.18. The van der Waals surface area contributed by atoms with E-state index in [4.69, 9.17) is 5.14 Å². The van der Waals surface area contributed by atoms with E-state index in [2.05, 4.69) is 5.32 Å². The fourth-order valence-corrected chi connectivity index (χ4v) is 2.63. The number of nitro benzene ring substituents is 1. The van der Waals surface area contributed by atoms with Gasteiger partial charge in [0.15, 0.2) is 0 Å². The zero-order valence-electron chi connectivity index (χ0n) is 13.3. The normalized spacial score (nSPS) is 11.1. The summed E-state index contributed by atoms with van der Waals surface area (Å²) in [5.41, 5.74) is 1.86. The Bertz CT molecular complexity index is 848. The highest BCUT2D eigenvalue weighted by atomic mass is 32.2. The average Bonchev–Trinajstić information content (AvgIpc) is 2.52. The SMILES string of the molecule is CN(C)c1ccc(CNc2ccc(S(N)(=O)=O)cc2[N+](=O)[O-])cc1. The number of nitrogens with one attached hydrogen (secondary N) is 1. The van der Waals surface area contributed by atoms with E-state index in [1.807, 2.05) is 43.3 Å². The van der Waals surface area contributed by atoms with Crippen LogP contribution >= 0.6 is 0 Å². The molecule has 2 aromatic carbocycles. The van der Waals surface area contributed by atoms with Crippen LogP contribution in [0.2, 0.25) is 0 Å². The molecule has 0 saturated carbocycles. The number of hydrogen-bond donors (Lipinski definition) is 2. The van der Waals surface area contributed by atoms with Crippen LogP contribution < -0.4 is 15.4 Å². The lowest BCUT2D eigenvalue weighted by Crippen LogP contribution is -2.13. The first-order chi connectivity index (χ1) is 11.2. The smallest absolute Gasteiger partial charge is 0.293 e. The maximum atomic E-state index is 11.3. The Hall–Kier alpha value is -2.65. The first-order valence-electron chi connectivity index (χ1n) is 7.00. The number of benzene rings is 2. The molecule has 0 heterocycles. The zero-order chi connectivity index (χ0) is 17.9. The van der Waals surface area contributed by atoms with Crippen LogP contribution in [0, 0.1) is 10.1 Å². The van der Waals surface area contributed by atoms with Gasteiger partial charge in [-0.15, -0.1) is 0 Å². The van der Waals surface area contributed by atoms with E-state index in [1.165, 1.54) is 12.1 Å². The van der Waals surface area contributed by atoms with Crippen LogP contribution in [0.25, 0.3) is 0 Å². The topological polar surface area (TPSA) is 119 Å². The summed E-state index contributed by atoms with van der Waals surface area (Å²) in [5, 5.41) is 19.1.